The molecule has 1 aliphatic heterocycles. The first-order valence-electron chi connectivity index (χ1n) is 7.83. The zero-order valence-corrected chi connectivity index (χ0v) is 14.3. The van der Waals surface area contributed by atoms with Crippen molar-refractivity contribution < 1.29 is 14.4 Å². The van der Waals surface area contributed by atoms with Gasteiger partial charge in [-0.2, -0.15) is 0 Å². The lowest BCUT2D eigenvalue weighted by Crippen LogP contribution is -2.39. The van der Waals surface area contributed by atoms with Crippen LogP contribution in [0.4, 0.5) is 0 Å². The van der Waals surface area contributed by atoms with E-state index in [0.29, 0.717) is 26.1 Å². The zero-order valence-electron chi connectivity index (χ0n) is 13.5. The van der Waals surface area contributed by atoms with E-state index in [0.717, 1.165) is 4.88 Å². The van der Waals surface area contributed by atoms with Gasteiger partial charge in [0.15, 0.2) is 0 Å². The van der Waals surface area contributed by atoms with Crippen LogP contribution >= 0.6 is 11.3 Å². The van der Waals surface area contributed by atoms with E-state index in [4.69, 9.17) is 0 Å². The van der Waals surface area contributed by atoms with Gasteiger partial charge in [0.1, 0.15) is 0 Å². The number of carbonyl (C=O) groups is 3. The van der Waals surface area contributed by atoms with Gasteiger partial charge in [-0.1, -0.05) is 6.07 Å². The van der Waals surface area contributed by atoms with Crippen LogP contribution in [0.5, 0.6) is 0 Å². The van der Waals surface area contributed by atoms with Crippen LogP contribution in [0.25, 0.3) is 0 Å². The molecule has 2 heterocycles. The number of nitrogens with one attached hydrogen (secondary N) is 2. The average molecular weight is 337 g/mol. The molecule has 1 unspecified atom stereocenters. The van der Waals surface area contributed by atoms with Crippen LogP contribution in [-0.2, 0) is 20.8 Å². The first kappa shape index (κ1) is 17.5. The van der Waals surface area contributed by atoms with E-state index in [1.165, 1.54) is 0 Å². The summed E-state index contributed by atoms with van der Waals surface area (Å²) in [6.45, 7) is 5.14. The molecule has 6 nitrogen and oxygen atoms in total. The second-order valence-electron chi connectivity index (χ2n) is 5.94. The molecule has 1 aliphatic rings. The molecule has 1 saturated heterocycles. The van der Waals surface area contributed by atoms with Crippen molar-refractivity contribution in [3.63, 3.8) is 0 Å². The van der Waals surface area contributed by atoms with Gasteiger partial charge in [-0.3, -0.25) is 14.4 Å². The van der Waals surface area contributed by atoms with Crippen molar-refractivity contribution in [1.29, 1.82) is 0 Å². The summed E-state index contributed by atoms with van der Waals surface area (Å²) in [6, 6.07) is 3.96. The van der Waals surface area contributed by atoms with Crippen LogP contribution in [0.15, 0.2) is 17.5 Å². The highest BCUT2D eigenvalue weighted by Gasteiger charge is 2.35. The maximum absolute atomic E-state index is 12.1. The predicted molar refractivity (Wildman–Crippen MR) is 89.0 cm³/mol. The van der Waals surface area contributed by atoms with Gasteiger partial charge in [-0.25, -0.2) is 0 Å². The first-order chi connectivity index (χ1) is 11.0. The molecule has 1 aromatic rings. The Balaban J connectivity index is 1.63. The number of likely N-dealkylation sites (tertiary alicyclic amines) is 1. The summed E-state index contributed by atoms with van der Waals surface area (Å²) in [5.41, 5.74) is 0. The van der Waals surface area contributed by atoms with Gasteiger partial charge < -0.3 is 15.5 Å². The molecule has 1 aromatic heterocycles. The molecule has 0 aromatic carbocycles. The summed E-state index contributed by atoms with van der Waals surface area (Å²) in [6.07, 6.45) is 0.640. The second kappa shape index (κ2) is 8.10. The number of hydrogen-bond acceptors (Lipinski definition) is 4. The Morgan fingerprint density at radius 1 is 1.35 bits per heavy atom. The number of thiophene rings is 1. The average Bonchev–Trinajstić information content (AvgIpc) is 3.12. The number of nitrogens with zero attached hydrogens (tertiary/aromatic N) is 1. The van der Waals surface area contributed by atoms with Crippen LogP contribution in [0.1, 0.15) is 25.1 Å². The molecule has 0 bridgehead atoms. The van der Waals surface area contributed by atoms with E-state index in [-0.39, 0.29) is 36.1 Å². The molecule has 0 aliphatic carbocycles. The topological polar surface area (TPSA) is 78.5 Å². The van der Waals surface area contributed by atoms with E-state index in [2.05, 4.69) is 10.6 Å². The Morgan fingerprint density at radius 3 is 2.70 bits per heavy atom. The van der Waals surface area contributed by atoms with Crippen molar-refractivity contribution in [1.82, 2.24) is 15.5 Å². The van der Waals surface area contributed by atoms with Gasteiger partial charge in [0.2, 0.25) is 17.7 Å². The summed E-state index contributed by atoms with van der Waals surface area (Å²) < 4.78 is 0. The molecule has 0 spiro atoms. The van der Waals surface area contributed by atoms with Gasteiger partial charge in [0.05, 0.1) is 12.3 Å². The SMILES string of the molecule is CC(C)N1CC(C(=O)NCCNC(=O)Cc2cccs2)CC1=O. The van der Waals surface area contributed by atoms with Crippen LogP contribution in [0, 0.1) is 5.92 Å². The molecule has 23 heavy (non-hydrogen) atoms. The minimum atomic E-state index is -0.285. The quantitative estimate of drug-likeness (QED) is 0.722. The normalized spacial score (nSPS) is 17.6. The molecule has 1 fully saturated rings. The summed E-state index contributed by atoms with van der Waals surface area (Å²) in [4.78, 5) is 38.3. The predicted octanol–water partition coefficient (Wildman–Crippen LogP) is 0.780. The molecular weight excluding hydrogens is 314 g/mol. The van der Waals surface area contributed by atoms with E-state index in [1.807, 2.05) is 31.4 Å². The third-order valence-electron chi connectivity index (χ3n) is 3.81. The number of rotatable bonds is 7. The van der Waals surface area contributed by atoms with E-state index < -0.39 is 0 Å². The van der Waals surface area contributed by atoms with Gasteiger partial charge in [0, 0.05) is 37.0 Å². The molecule has 0 saturated carbocycles. The summed E-state index contributed by atoms with van der Waals surface area (Å²) in [7, 11) is 0. The van der Waals surface area contributed by atoms with Crippen LogP contribution in [-0.4, -0.2) is 48.3 Å². The van der Waals surface area contributed by atoms with Crippen LogP contribution in [0.2, 0.25) is 0 Å². The Bertz CT molecular complexity index is 557. The lowest BCUT2D eigenvalue weighted by atomic mass is 10.1. The first-order valence-corrected chi connectivity index (χ1v) is 8.71. The monoisotopic (exact) mass is 337 g/mol. The Labute approximate surface area is 140 Å². The Morgan fingerprint density at radius 2 is 2.09 bits per heavy atom. The zero-order chi connectivity index (χ0) is 16.8. The highest BCUT2D eigenvalue weighted by Crippen LogP contribution is 2.19. The van der Waals surface area contributed by atoms with E-state index in [9.17, 15) is 14.4 Å². The standard InChI is InChI=1S/C16H23N3O3S/c1-11(2)19-10-12(8-15(19)21)16(22)18-6-5-17-14(20)9-13-4-3-7-23-13/h3-4,7,11-12H,5-6,8-10H2,1-2H3,(H,17,20)(H,18,22). The Hall–Kier alpha value is -1.89. The maximum atomic E-state index is 12.1. The number of hydrogen-bond donors (Lipinski definition) is 2. The molecule has 0 radical (unpaired) electrons. The lowest BCUT2D eigenvalue weighted by molar-refractivity contribution is -0.129. The van der Waals surface area contributed by atoms with Gasteiger partial charge in [0.25, 0.3) is 0 Å². The fourth-order valence-electron chi connectivity index (χ4n) is 2.57. The van der Waals surface area contributed by atoms with Gasteiger partial charge >= 0.3 is 0 Å². The van der Waals surface area contributed by atoms with Crippen molar-refractivity contribution in [2.45, 2.75) is 32.7 Å². The fourth-order valence-corrected chi connectivity index (χ4v) is 3.28. The Kier molecular flexibility index (Phi) is 6.15. The molecular formula is C16H23N3O3S. The van der Waals surface area contributed by atoms with E-state index >= 15 is 0 Å². The molecule has 126 valence electrons. The van der Waals surface area contributed by atoms with Gasteiger partial charge in [-0.05, 0) is 25.3 Å². The lowest BCUT2D eigenvalue weighted by Gasteiger charge is -2.20. The molecule has 7 heteroatoms. The third-order valence-corrected chi connectivity index (χ3v) is 4.69. The highest BCUT2D eigenvalue weighted by molar-refractivity contribution is 7.10. The van der Waals surface area contributed by atoms with Crippen LogP contribution < -0.4 is 10.6 Å². The fraction of sp³-hybridized carbons (Fsp3) is 0.562. The number of amides is 3. The van der Waals surface area contributed by atoms with E-state index in [1.54, 1.807) is 16.2 Å². The smallest absolute Gasteiger partial charge is 0.225 e. The highest BCUT2D eigenvalue weighted by atomic mass is 32.1. The summed E-state index contributed by atoms with van der Waals surface area (Å²) in [5, 5.41) is 7.50. The van der Waals surface area contributed by atoms with Crippen molar-refractivity contribution in [3.05, 3.63) is 22.4 Å². The third kappa shape index (κ3) is 5.06. The number of carbonyl (C=O) groups excluding carboxylic acids is 3. The van der Waals surface area contributed by atoms with Crippen LogP contribution in [0.3, 0.4) is 0 Å². The molecule has 1 atom stereocenters. The largest absolute Gasteiger partial charge is 0.354 e. The second-order valence-corrected chi connectivity index (χ2v) is 6.97. The van der Waals surface area contributed by atoms with Gasteiger partial charge in [-0.15, -0.1) is 11.3 Å². The molecule has 3 amide bonds. The molecule has 2 N–H and O–H groups in total. The van der Waals surface area contributed by atoms with Crippen molar-refractivity contribution in [2.24, 2.45) is 5.92 Å². The van der Waals surface area contributed by atoms with Crippen molar-refractivity contribution >= 4 is 29.1 Å². The van der Waals surface area contributed by atoms with Crippen molar-refractivity contribution in [2.75, 3.05) is 19.6 Å². The summed E-state index contributed by atoms with van der Waals surface area (Å²) in [5.74, 6) is -0.422. The maximum Gasteiger partial charge on any atom is 0.225 e. The molecule has 2 rings (SSSR count). The van der Waals surface area contributed by atoms with Crippen molar-refractivity contribution in [3.8, 4) is 0 Å². The minimum absolute atomic E-state index is 0.0319. The minimum Gasteiger partial charge on any atom is -0.354 e. The summed E-state index contributed by atoms with van der Waals surface area (Å²) >= 11 is 1.55.